The Labute approximate surface area is 527 Å². The molecule has 16 rings (SSSR count). The Hall–Kier alpha value is -10.6. The summed E-state index contributed by atoms with van der Waals surface area (Å²) in [6.45, 7) is 21.4. The molecule has 0 aliphatic heterocycles. The molecule has 0 aliphatic carbocycles. The van der Waals surface area contributed by atoms with Gasteiger partial charge in [-0.25, -0.2) is 0 Å². The van der Waals surface area contributed by atoms with E-state index < -0.39 is 0 Å². The minimum Gasteiger partial charge on any atom is -0.464 e. The van der Waals surface area contributed by atoms with Gasteiger partial charge in [0.05, 0.1) is 37.6 Å². The van der Waals surface area contributed by atoms with Crippen molar-refractivity contribution in [2.45, 2.75) is 81.1 Å². The van der Waals surface area contributed by atoms with E-state index in [2.05, 4.69) is 220 Å². The lowest BCUT2D eigenvalue weighted by molar-refractivity contribution is 0.611. The van der Waals surface area contributed by atoms with Gasteiger partial charge in [-0.2, -0.15) is 0 Å². The Balaban J connectivity index is 0.000000112. The van der Waals surface area contributed by atoms with Gasteiger partial charge in [0, 0.05) is 37.9 Å². The van der Waals surface area contributed by atoms with Crippen LogP contribution in [0.2, 0.25) is 0 Å². The maximum absolute atomic E-state index is 5.70. The molecular formula is C84H76O6. The second-order valence-electron chi connectivity index (χ2n) is 23.4. The van der Waals surface area contributed by atoms with Crippen molar-refractivity contribution < 1.29 is 26.5 Å². The van der Waals surface area contributed by atoms with Gasteiger partial charge in [-0.1, -0.05) is 204 Å². The number of fused-ring (bicyclic) bond motifs is 6. The summed E-state index contributed by atoms with van der Waals surface area (Å²) < 4.78 is 32.9. The van der Waals surface area contributed by atoms with Crippen LogP contribution in [-0.4, -0.2) is 0 Å². The van der Waals surface area contributed by atoms with E-state index in [1.807, 2.05) is 79.7 Å². The molecule has 0 unspecified atom stereocenters. The molecule has 90 heavy (non-hydrogen) atoms. The van der Waals surface area contributed by atoms with Gasteiger partial charge >= 0.3 is 0 Å². The first kappa shape index (κ1) is 61.1. The van der Waals surface area contributed by atoms with Gasteiger partial charge in [-0.15, -0.1) is 0 Å². The number of furan rings is 6. The summed E-state index contributed by atoms with van der Waals surface area (Å²) in [6, 6.07) is 79.4. The molecular weight excluding hydrogens is 1100 g/mol. The highest BCUT2D eigenvalue weighted by molar-refractivity contribution is 5.97. The third kappa shape index (κ3) is 13.6. The van der Waals surface area contributed by atoms with Crippen molar-refractivity contribution in [2.24, 2.45) is 0 Å². The van der Waals surface area contributed by atoms with Crippen molar-refractivity contribution in [1.82, 2.24) is 0 Å². The fourth-order valence-corrected chi connectivity index (χ4v) is 11.9. The zero-order valence-electron chi connectivity index (χ0n) is 53.0. The van der Waals surface area contributed by atoms with Gasteiger partial charge in [0.15, 0.2) is 0 Å². The van der Waals surface area contributed by atoms with Crippen molar-refractivity contribution in [2.75, 3.05) is 0 Å². The molecule has 6 nitrogen and oxygen atoms in total. The van der Waals surface area contributed by atoms with E-state index >= 15 is 0 Å². The molecule has 0 N–H and O–H groups in total. The first-order valence-electron chi connectivity index (χ1n) is 30.9. The normalized spacial score (nSPS) is 11.0. The molecule has 6 heteroatoms. The van der Waals surface area contributed by atoms with E-state index in [9.17, 15) is 0 Å². The SMILES string of the molecule is Cc1c(-c2ccccc2)ccc2ccoc12.Cc1c(C(C)C)cc(-c2ccccc2)c2ccoc12.Cc1c(C(C)C)ccc2ccoc12.Cc1cc(-c2ccccc2)cc2ccoc12.Cc1ccc(-c2ccccc2)c2ccoc12.Cc1cccc2ccoc12. The Bertz CT molecular complexity index is 4950. The van der Waals surface area contributed by atoms with E-state index in [0.717, 1.165) is 38.9 Å². The lowest BCUT2D eigenvalue weighted by Gasteiger charge is -2.14. The smallest absolute Gasteiger partial charge is 0.137 e. The van der Waals surface area contributed by atoms with Gasteiger partial charge in [0.2, 0.25) is 0 Å². The van der Waals surface area contributed by atoms with Gasteiger partial charge in [0.25, 0.3) is 0 Å². The predicted molar refractivity (Wildman–Crippen MR) is 376 cm³/mol. The fourth-order valence-electron chi connectivity index (χ4n) is 11.9. The molecule has 0 radical (unpaired) electrons. The second kappa shape index (κ2) is 28.1. The highest BCUT2D eigenvalue weighted by atomic mass is 16.3. The maximum atomic E-state index is 5.70. The van der Waals surface area contributed by atoms with E-state index in [1.165, 1.54) is 116 Å². The predicted octanol–water partition coefficient (Wildman–Crippen LogP) is 25.4. The van der Waals surface area contributed by atoms with Crippen LogP contribution >= 0.6 is 0 Å². The summed E-state index contributed by atoms with van der Waals surface area (Å²) in [7, 11) is 0. The third-order valence-corrected chi connectivity index (χ3v) is 16.6. The number of rotatable bonds is 6. The highest BCUT2D eigenvalue weighted by Gasteiger charge is 2.16. The lowest BCUT2D eigenvalue weighted by atomic mass is 9.91. The maximum Gasteiger partial charge on any atom is 0.137 e. The summed E-state index contributed by atoms with van der Waals surface area (Å²) in [5.74, 6) is 1.06. The van der Waals surface area contributed by atoms with E-state index in [1.54, 1.807) is 37.6 Å². The first-order valence-corrected chi connectivity index (χ1v) is 30.9. The van der Waals surface area contributed by atoms with Crippen molar-refractivity contribution in [1.29, 1.82) is 0 Å². The largest absolute Gasteiger partial charge is 0.464 e. The van der Waals surface area contributed by atoms with Crippen molar-refractivity contribution >= 4 is 65.8 Å². The Kier molecular flexibility index (Phi) is 19.1. The summed E-state index contributed by atoms with van der Waals surface area (Å²) >= 11 is 0. The zero-order valence-corrected chi connectivity index (χ0v) is 53.0. The highest BCUT2D eigenvalue weighted by Crippen LogP contribution is 2.38. The molecule has 0 amide bonds. The van der Waals surface area contributed by atoms with Crippen LogP contribution in [0.3, 0.4) is 0 Å². The molecule has 6 aromatic heterocycles. The summed E-state index contributed by atoms with van der Waals surface area (Å²) in [4.78, 5) is 0. The van der Waals surface area contributed by atoms with Crippen LogP contribution < -0.4 is 0 Å². The van der Waals surface area contributed by atoms with E-state index in [-0.39, 0.29) is 0 Å². The number of hydrogen-bond acceptors (Lipinski definition) is 6. The van der Waals surface area contributed by atoms with Gasteiger partial charge in [0.1, 0.15) is 33.5 Å². The van der Waals surface area contributed by atoms with Crippen LogP contribution in [0.15, 0.2) is 295 Å². The minimum absolute atomic E-state index is 0.497. The molecule has 0 atom stereocenters. The van der Waals surface area contributed by atoms with E-state index in [4.69, 9.17) is 26.5 Å². The third-order valence-electron chi connectivity index (χ3n) is 16.6. The van der Waals surface area contributed by atoms with Crippen molar-refractivity contribution in [3.8, 4) is 44.5 Å². The molecule has 0 spiro atoms. The van der Waals surface area contributed by atoms with Crippen LogP contribution in [-0.2, 0) is 0 Å². The van der Waals surface area contributed by atoms with Gasteiger partial charge in [-0.3, -0.25) is 0 Å². The molecule has 0 saturated carbocycles. The average Bonchev–Trinajstić information content (AvgIpc) is 1.73. The molecule has 0 fully saturated rings. The lowest BCUT2D eigenvalue weighted by Crippen LogP contribution is -1.94. The van der Waals surface area contributed by atoms with Crippen LogP contribution in [0, 0.1) is 41.5 Å². The standard InChI is InChI=1S/C18H18O.3C15H12O.C12H14O.C9H8O/c1-12(2)16-11-17(14-7-5-4-6-8-14)15-9-10-19-18(15)13(16)3;1-11-9-14(12-5-3-2-4-6-12)10-13-7-8-16-15(11)13;1-11-14(12-5-3-2-4-6-12)8-7-13-9-10-16-15(11)13;1-11-7-8-13(12-5-3-2-4-6-12)14-9-10-16-15(11)14;1-8(2)11-5-4-10-6-7-13-12(10)9(11)3;1-7-3-2-4-8-5-6-10-9(7)8/h4-12H,1-3H3;3*2-10H,1H3;4-8H,1-3H3;2-6H,1H3. The number of benzene rings is 10. The zero-order chi connectivity index (χ0) is 62.7. The Morgan fingerprint density at radius 1 is 0.233 bits per heavy atom. The van der Waals surface area contributed by atoms with Crippen molar-refractivity contribution in [3.63, 3.8) is 0 Å². The molecule has 448 valence electrons. The number of hydrogen-bond donors (Lipinski definition) is 0. The van der Waals surface area contributed by atoms with Crippen LogP contribution in [0.25, 0.3) is 110 Å². The van der Waals surface area contributed by atoms with Crippen molar-refractivity contribution in [3.05, 3.63) is 313 Å². The first-order chi connectivity index (χ1) is 43.8. The van der Waals surface area contributed by atoms with Crippen LogP contribution in [0.1, 0.15) is 84.0 Å². The summed E-state index contributed by atoms with van der Waals surface area (Å²) in [5, 5.41) is 7.09. The number of aryl methyl sites for hydroxylation is 6. The molecule has 0 aliphatic rings. The monoisotopic (exact) mass is 1180 g/mol. The van der Waals surface area contributed by atoms with Crippen LogP contribution in [0.4, 0.5) is 0 Å². The molecule has 0 bridgehead atoms. The summed E-state index contributed by atoms with van der Waals surface area (Å²) in [5.41, 5.74) is 26.0. The quantitative estimate of drug-likeness (QED) is 0.165. The molecule has 6 heterocycles. The fraction of sp³-hybridized carbons (Fsp3) is 0.143. The average molecular weight is 1180 g/mol. The van der Waals surface area contributed by atoms with Gasteiger partial charge in [-0.05, 0) is 191 Å². The minimum atomic E-state index is 0.497. The van der Waals surface area contributed by atoms with Crippen LogP contribution in [0.5, 0.6) is 0 Å². The van der Waals surface area contributed by atoms with Gasteiger partial charge < -0.3 is 26.5 Å². The topological polar surface area (TPSA) is 78.8 Å². The molecule has 0 saturated heterocycles. The number of para-hydroxylation sites is 1. The second-order valence-corrected chi connectivity index (χ2v) is 23.4. The van der Waals surface area contributed by atoms with E-state index in [0.29, 0.717) is 11.8 Å². The Morgan fingerprint density at radius 2 is 0.644 bits per heavy atom. The Morgan fingerprint density at radius 3 is 1.21 bits per heavy atom. The summed E-state index contributed by atoms with van der Waals surface area (Å²) in [6.07, 6.45) is 10.5. The molecule has 16 aromatic rings. The molecule has 10 aromatic carbocycles.